The van der Waals surface area contributed by atoms with Gasteiger partial charge in [0, 0.05) is 75.7 Å². The molecule has 0 radical (unpaired) electrons. The minimum Gasteiger partial charge on any atom is -0.481 e. The molecule has 1 aromatic carbocycles. The first-order valence-corrected chi connectivity index (χ1v) is 18.5. The number of fused-ring (bicyclic) bond motifs is 13. The number of hydrogen-bond donors (Lipinski definition) is 1. The van der Waals surface area contributed by atoms with Crippen LogP contribution in [-0.4, -0.2) is 90.7 Å². The van der Waals surface area contributed by atoms with Crippen molar-refractivity contribution >= 4 is 41.2 Å². The number of ketones is 3. The Hall–Kier alpha value is -5.41. The van der Waals surface area contributed by atoms with Crippen LogP contribution in [-0.2, 0) is 38.1 Å². The predicted octanol–water partition coefficient (Wildman–Crippen LogP) is 5.35. The van der Waals surface area contributed by atoms with Gasteiger partial charge in [0.2, 0.25) is 11.7 Å². The molecule has 4 aliphatic rings. The van der Waals surface area contributed by atoms with E-state index in [1.807, 2.05) is 0 Å². The van der Waals surface area contributed by atoms with Gasteiger partial charge in [0.1, 0.15) is 29.4 Å². The molecule has 57 heavy (non-hydrogen) atoms. The van der Waals surface area contributed by atoms with E-state index in [1.54, 1.807) is 52.8 Å². The first-order valence-electron chi connectivity index (χ1n) is 18.5. The van der Waals surface area contributed by atoms with Crippen LogP contribution < -0.4 is 9.47 Å². The van der Waals surface area contributed by atoms with Gasteiger partial charge in [-0.2, -0.15) is 0 Å². The van der Waals surface area contributed by atoms with Crippen molar-refractivity contribution < 1.29 is 67.0 Å². The predicted molar refractivity (Wildman–Crippen MR) is 205 cm³/mol. The second-order valence-electron chi connectivity index (χ2n) is 14.7. The number of carbonyl (C=O) groups is 6. The first-order chi connectivity index (χ1) is 26.7. The zero-order valence-corrected chi connectivity index (χ0v) is 34.3. The van der Waals surface area contributed by atoms with Crippen molar-refractivity contribution in [2.24, 2.45) is 28.7 Å². The number of aliphatic hydroxyl groups excluding tert-OH is 1. The third-order valence-electron chi connectivity index (χ3n) is 10.4. The van der Waals surface area contributed by atoms with E-state index in [-0.39, 0.29) is 45.3 Å². The number of esters is 3. The molecule has 1 aromatic rings. The van der Waals surface area contributed by atoms with E-state index < -0.39 is 89.1 Å². The molecule has 5 rings (SSSR count). The van der Waals surface area contributed by atoms with Crippen LogP contribution in [0.3, 0.4) is 0 Å². The molecule has 3 heterocycles. The monoisotopic (exact) mass is 793 g/mol. The summed E-state index contributed by atoms with van der Waals surface area (Å²) in [5, 5.41) is 11.8. The zero-order valence-electron chi connectivity index (χ0n) is 34.3. The van der Waals surface area contributed by atoms with Gasteiger partial charge in [0.15, 0.2) is 5.78 Å². The van der Waals surface area contributed by atoms with E-state index in [4.69, 9.17) is 33.2 Å². The van der Waals surface area contributed by atoms with E-state index in [0.29, 0.717) is 5.57 Å². The standard InChI is InChI=1S/C42H51NO14/c1-19-14-13-15-20(2)41(52-12)43-28-18-29(47)31-32(35(28)49)38(56-27(9)46)24(6)39-33(31)40(50)42(10,57-39)53-17-16-30(51-11)21(3)37(55-26(8)45)23(5)34(48)22(4)36(19)54-25(7)44/h13-19,21-23,30,34,36-37,48H,1-12H3/t19-,21+,22+,23-,30+,34-,36-,37+,42+/m1/s1. The Labute approximate surface area is 331 Å². The van der Waals surface area contributed by atoms with Crippen LogP contribution >= 0.6 is 0 Å². The van der Waals surface area contributed by atoms with Gasteiger partial charge in [-0.15, -0.1) is 0 Å². The molecule has 0 aromatic heterocycles. The summed E-state index contributed by atoms with van der Waals surface area (Å²) >= 11 is 0. The highest BCUT2D eigenvalue weighted by Gasteiger charge is 2.52. The van der Waals surface area contributed by atoms with Crippen LogP contribution in [0, 0.1) is 30.6 Å². The van der Waals surface area contributed by atoms with Crippen molar-refractivity contribution in [3.8, 4) is 11.5 Å². The lowest BCUT2D eigenvalue weighted by Gasteiger charge is -2.38. The Kier molecular flexibility index (Phi) is 13.8. The first kappa shape index (κ1) is 44.3. The molecule has 0 saturated carbocycles. The Balaban J connectivity index is 1.96. The normalized spacial score (nSPS) is 29.4. The van der Waals surface area contributed by atoms with E-state index >= 15 is 0 Å². The van der Waals surface area contributed by atoms with Gasteiger partial charge in [-0.25, -0.2) is 4.99 Å². The number of aliphatic imine (C=N–C) groups is 1. The molecule has 15 heteroatoms. The number of allylic oxidation sites excluding steroid dienone is 4. The van der Waals surface area contributed by atoms with E-state index in [9.17, 15) is 33.9 Å². The van der Waals surface area contributed by atoms with Gasteiger partial charge < -0.3 is 38.3 Å². The van der Waals surface area contributed by atoms with Gasteiger partial charge in [0.05, 0.1) is 42.3 Å². The zero-order chi connectivity index (χ0) is 42.7. The summed E-state index contributed by atoms with van der Waals surface area (Å²) in [5.74, 6) is -9.32. The van der Waals surface area contributed by atoms with Gasteiger partial charge in [-0.3, -0.25) is 28.8 Å². The quantitative estimate of drug-likeness (QED) is 0.302. The van der Waals surface area contributed by atoms with E-state index in [2.05, 4.69) is 4.99 Å². The van der Waals surface area contributed by atoms with Crippen molar-refractivity contribution in [3.05, 3.63) is 70.2 Å². The summed E-state index contributed by atoms with van der Waals surface area (Å²) in [4.78, 5) is 83.7. The van der Waals surface area contributed by atoms with Crippen molar-refractivity contribution in [1.82, 2.24) is 0 Å². The van der Waals surface area contributed by atoms with Gasteiger partial charge in [-0.1, -0.05) is 45.9 Å². The molecule has 3 aliphatic heterocycles. The summed E-state index contributed by atoms with van der Waals surface area (Å²) in [6, 6.07) is 0. The maximum atomic E-state index is 14.2. The average molecular weight is 794 g/mol. The lowest BCUT2D eigenvalue weighted by atomic mass is 9.78. The molecule has 0 unspecified atom stereocenters. The number of rotatable bonds is 4. The van der Waals surface area contributed by atoms with Crippen molar-refractivity contribution in [3.63, 3.8) is 0 Å². The molecule has 0 fully saturated rings. The molecule has 1 aliphatic carbocycles. The Bertz CT molecular complexity index is 1990. The Morgan fingerprint density at radius 2 is 1.46 bits per heavy atom. The maximum Gasteiger partial charge on any atom is 0.312 e. The van der Waals surface area contributed by atoms with Crippen LogP contribution in [0.2, 0.25) is 0 Å². The van der Waals surface area contributed by atoms with Crippen LogP contribution in [0.4, 0.5) is 0 Å². The highest BCUT2D eigenvalue weighted by atomic mass is 16.7. The Morgan fingerprint density at radius 1 is 0.842 bits per heavy atom. The van der Waals surface area contributed by atoms with Crippen molar-refractivity contribution in [2.75, 3.05) is 14.2 Å². The number of benzene rings is 1. The summed E-state index contributed by atoms with van der Waals surface area (Å²) in [7, 11) is 2.74. The third-order valence-corrected chi connectivity index (χ3v) is 10.4. The number of methoxy groups -OCH3 is 2. The summed E-state index contributed by atoms with van der Waals surface area (Å²) in [6.45, 7) is 15.1. The maximum absolute atomic E-state index is 14.2. The lowest BCUT2D eigenvalue weighted by Crippen LogP contribution is -2.47. The van der Waals surface area contributed by atoms with Gasteiger partial charge in [0.25, 0.3) is 5.78 Å². The number of ether oxygens (including phenoxy) is 7. The molecule has 15 nitrogen and oxygen atoms in total. The fourth-order valence-corrected chi connectivity index (χ4v) is 7.43. The number of carbonyl (C=O) groups excluding carboxylic acids is 6. The largest absolute Gasteiger partial charge is 0.481 e. The fraction of sp³-hybridized carbons (Fsp3) is 0.500. The van der Waals surface area contributed by atoms with Crippen molar-refractivity contribution in [2.45, 2.75) is 99.4 Å². The van der Waals surface area contributed by atoms with Crippen LogP contribution in [0.1, 0.15) is 99.0 Å². The molecule has 1 N–H and O–H groups in total. The highest BCUT2D eigenvalue weighted by Crippen LogP contribution is 2.48. The molecule has 5 bridgehead atoms. The summed E-state index contributed by atoms with van der Waals surface area (Å²) < 4.78 is 40.3. The average Bonchev–Trinajstić information content (AvgIpc) is 3.40. The highest BCUT2D eigenvalue weighted by molar-refractivity contribution is 6.30. The molecule has 9 atom stereocenters. The molecule has 0 spiro atoms. The third kappa shape index (κ3) is 9.10. The molecule has 0 amide bonds. The summed E-state index contributed by atoms with van der Waals surface area (Å²) in [5.41, 5.74) is -0.760. The minimum absolute atomic E-state index is 0.0363. The number of Topliss-reactive ketones (excluding diaryl/α,β-unsaturated/α-hetero) is 2. The van der Waals surface area contributed by atoms with Crippen LogP contribution in [0.5, 0.6) is 11.5 Å². The smallest absolute Gasteiger partial charge is 0.312 e. The molecular formula is C42H51NO14. The van der Waals surface area contributed by atoms with Crippen molar-refractivity contribution in [1.29, 1.82) is 0 Å². The lowest BCUT2D eigenvalue weighted by molar-refractivity contribution is -0.164. The Morgan fingerprint density at radius 3 is 2.04 bits per heavy atom. The van der Waals surface area contributed by atoms with Gasteiger partial charge in [-0.05, 0) is 19.9 Å². The fourth-order valence-electron chi connectivity index (χ4n) is 7.43. The number of hydrogen-bond acceptors (Lipinski definition) is 15. The minimum atomic E-state index is -2.07. The molecular weight excluding hydrogens is 742 g/mol. The second-order valence-corrected chi connectivity index (χ2v) is 14.7. The number of nitrogens with zero attached hydrogens (tertiary/aromatic N) is 1. The number of aliphatic hydroxyl groups is 1. The van der Waals surface area contributed by atoms with E-state index in [1.165, 1.54) is 54.3 Å². The summed E-state index contributed by atoms with van der Waals surface area (Å²) in [6.07, 6.45) is 4.92. The topological polar surface area (TPSA) is 200 Å². The second kappa shape index (κ2) is 17.8. The van der Waals surface area contributed by atoms with Crippen LogP contribution in [0.15, 0.2) is 52.9 Å². The SMILES string of the molecule is COC1=NC2=CC(=O)c3c(c(OC(C)=O)c(C)c4c3C(=O)[C@@](C)(OC=C[C@H](OC)[C@H](C)[C@H](OC(C)=O)[C@H](C)[C@H](O)[C@H](C)[C@H](OC(C)=O)[C@H](C)C=CC=C1C)O4)C2=O. The van der Waals surface area contributed by atoms with Crippen LogP contribution in [0.25, 0.3) is 0 Å². The van der Waals surface area contributed by atoms with Gasteiger partial charge >= 0.3 is 23.7 Å². The van der Waals surface area contributed by atoms with E-state index in [0.717, 1.165) is 13.0 Å². The molecule has 308 valence electrons. The molecule has 0 saturated heterocycles.